The summed E-state index contributed by atoms with van der Waals surface area (Å²) in [6, 6.07) is 14.1. The van der Waals surface area contributed by atoms with Crippen LogP contribution in [0.15, 0.2) is 48.7 Å². The van der Waals surface area contributed by atoms with E-state index in [4.69, 9.17) is 16.3 Å². The topological polar surface area (TPSA) is 51.2 Å². The van der Waals surface area contributed by atoms with Crippen molar-refractivity contribution >= 4 is 17.5 Å². The van der Waals surface area contributed by atoms with E-state index >= 15 is 0 Å². The summed E-state index contributed by atoms with van der Waals surface area (Å²) in [5.74, 6) is 0.771. The zero-order chi connectivity index (χ0) is 18.2. The Labute approximate surface area is 159 Å². The first-order valence-electron chi connectivity index (χ1n) is 9.30. The van der Waals surface area contributed by atoms with Crippen molar-refractivity contribution in [2.75, 3.05) is 0 Å². The zero-order valence-corrected chi connectivity index (χ0v) is 15.6. The van der Waals surface area contributed by atoms with Crippen LogP contribution in [0.3, 0.4) is 0 Å². The predicted octanol–water partition coefficient (Wildman–Crippen LogP) is 4.56. The quantitative estimate of drug-likeness (QED) is 0.774. The van der Waals surface area contributed by atoms with Gasteiger partial charge in [-0.25, -0.2) is 4.98 Å². The zero-order valence-electron chi connectivity index (χ0n) is 14.9. The van der Waals surface area contributed by atoms with E-state index in [0.717, 1.165) is 38.5 Å². The number of ether oxygens (including phenoxy) is 1. The van der Waals surface area contributed by atoms with Crippen LogP contribution in [0.5, 0.6) is 5.88 Å². The Balaban J connectivity index is 1.33. The summed E-state index contributed by atoms with van der Waals surface area (Å²) in [5, 5.41) is 3.78. The predicted molar refractivity (Wildman–Crippen MR) is 103 cm³/mol. The average molecular weight is 373 g/mol. The van der Waals surface area contributed by atoms with E-state index in [0.29, 0.717) is 17.3 Å². The molecule has 0 bridgehead atoms. The highest BCUT2D eigenvalue weighted by Gasteiger charge is 2.23. The van der Waals surface area contributed by atoms with Crippen LogP contribution < -0.4 is 10.1 Å². The molecule has 0 spiro atoms. The smallest absolute Gasteiger partial charge is 0.220 e. The van der Waals surface area contributed by atoms with Gasteiger partial charge in [0.05, 0.1) is 5.02 Å². The van der Waals surface area contributed by atoms with Crippen LogP contribution in [0.1, 0.15) is 44.1 Å². The number of aryl methyl sites for hydroxylation is 1. The lowest BCUT2D eigenvalue weighted by molar-refractivity contribution is -0.122. The average Bonchev–Trinajstić information content (AvgIpc) is 2.66. The number of rotatable bonds is 7. The standard InChI is InChI=1S/C21H25ClN2O2/c22-17-9-14-21(23-15-17)26-19-12-10-18(11-13-19)24-20(25)8-4-7-16-5-2-1-3-6-16/h1-3,5-6,9,14-15,18-19H,4,7-8,10-13H2,(H,24,25). The van der Waals surface area contributed by atoms with Gasteiger partial charge in [0.1, 0.15) is 6.10 Å². The third kappa shape index (κ3) is 6.03. The van der Waals surface area contributed by atoms with Crippen molar-refractivity contribution in [3.8, 4) is 5.88 Å². The maximum atomic E-state index is 12.1. The van der Waals surface area contributed by atoms with E-state index < -0.39 is 0 Å². The number of carbonyl (C=O) groups is 1. The Morgan fingerprint density at radius 2 is 1.88 bits per heavy atom. The number of halogens is 1. The summed E-state index contributed by atoms with van der Waals surface area (Å²) >= 11 is 5.83. The number of benzene rings is 1. The first kappa shape index (κ1) is 18.7. The number of aromatic nitrogens is 1. The second kappa shape index (κ2) is 9.58. The third-order valence-corrected chi connectivity index (χ3v) is 4.96. The highest BCUT2D eigenvalue weighted by atomic mass is 35.5. The fourth-order valence-corrected chi connectivity index (χ4v) is 3.44. The molecular weight excluding hydrogens is 348 g/mol. The van der Waals surface area contributed by atoms with Gasteiger partial charge in [-0.15, -0.1) is 0 Å². The van der Waals surface area contributed by atoms with Gasteiger partial charge >= 0.3 is 0 Å². The third-order valence-electron chi connectivity index (χ3n) is 4.74. The number of amides is 1. The van der Waals surface area contributed by atoms with Crippen molar-refractivity contribution in [3.63, 3.8) is 0 Å². The minimum absolute atomic E-state index is 0.157. The SMILES string of the molecule is O=C(CCCc1ccccc1)NC1CCC(Oc2ccc(Cl)cn2)CC1. The van der Waals surface area contributed by atoms with Gasteiger partial charge in [-0.2, -0.15) is 0 Å². The molecule has 1 amide bonds. The van der Waals surface area contributed by atoms with Crippen molar-refractivity contribution in [1.82, 2.24) is 10.3 Å². The van der Waals surface area contributed by atoms with Gasteiger partial charge in [0.25, 0.3) is 0 Å². The lowest BCUT2D eigenvalue weighted by Crippen LogP contribution is -2.39. The molecule has 1 fully saturated rings. The van der Waals surface area contributed by atoms with Gasteiger partial charge in [0.2, 0.25) is 11.8 Å². The molecule has 4 nitrogen and oxygen atoms in total. The maximum Gasteiger partial charge on any atom is 0.220 e. The molecule has 1 aromatic carbocycles. The van der Waals surface area contributed by atoms with E-state index in [2.05, 4.69) is 22.4 Å². The molecule has 1 saturated carbocycles. The number of nitrogens with one attached hydrogen (secondary N) is 1. The van der Waals surface area contributed by atoms with E-state index in [1.54, 1.807) is 18.3 Å². The molecule has 138 valence electrons. The summed E-state index contributed by atoms with van der Waals surface area (Å²) < 4.78 is 5.90. The van der Waals surface area contributed by atoms with Crippen LogP contribution in [-0.4, -0.2) is 23.0 Å². The summed E-state index contributed by atoms with van der Waals surface area (Å²) in [6.07, 6.45) is 7.93. The van der Waals surface area contributed by atoms with E-state index in [1.165, 1.54) is 5.56 Å². The summed E-state index contributed by atoms with van der Waals surface area (Å²) in [6.45, 7) is 0. The largest absolute Gasteiger partial charge is 0.474 e. The fourth-order valence-electron chi connectivity index (χ4n) is 3.33. The first-order valence-corrected chi connectivity index (χ1v) is 9.68. The van der Waals surface area contributed by atoms with E-state index in [9.17, 15) is 4.79 Å². The number of carbonyl (C=O) groups excluding carboxylic acids is 1. The molecule has 0 aliphatic heterocycles. The van der Waals surface area contributed by atoms with Gasteiger partial charge < -0.3 is 10.1 Å². The highest BCUT2D eigenvalue weighted by Crippen LogP contribution is 2.23. The van der Waals surface area contributed by atoms with Crippen molar-refractivity contribution in [2.24, 2.45) is 0 Å². The van der Waals surface area contributed by atoms with Crippen molar-refractivity contribution < 1.29 is 9.53 Å². The maximum absolute atomic E-state index is 12.1. The van der Waals surface area contributed by atoms with Gasteiger partial charge in [0.15, 0.2) is 0 Å². The lowest BCUT2D eigenvalue weighted by atomic mass is 9.92. The van der Waals surface area contributed by atoms with Gasteiger partial charge in [-0.05, 0) is 50.2 Å². The van der Waals surface area contributed by atoms with Crippen LogP contribution in [0, 0.1) is 0 Å². The summed E-state index contributed by atoms with van der Waals surface area (Å²) in [4.78, 5) is 16.3. The minimum atomic E-state index is 0.157. The van der Waals surface area contributed by atoms with Crippen molar-refractivity contribution in [1.29, 1.82) is 0 Å². The minimum Gasteiger partial charge on any atom is -0.474 e. The van der Waals surface area contributed by atoms with Crippen LogP contribution in [-0.2, 0) is 11.2 Å². The number of nitrogens with zero attached hydrogens (tertiary/aromatic N) is 1. The van der Waals surface area contributed by atoms with E-state index in [1.807, 2.05) is 18.2 Å². The molecule has 26 heavy (non-hydrogen) atoms. The number of pyridine rings is 1. The number of hydrogen-bond acceptors (Lipinski definition) is 3. The Morgan fingerprint density at radius 3 is 2.58 bits per heavy atom. The highest BCUT2D eigenvalue weighted by molar-refractivity contribution is 6.30. The van der Waals surface area contributed by atoms with Crippen LogP contribution in [0.25, 0.3) is 0 Å². The van der Waals surface area contributed by atoms with Crippen molar-refractivity contribution in [3.05, 3.63) is 59.2 Å². The Morgan fingerprint density at radius 1 is 1.12 bits per heavy atom. The monoisotopic (exact) mass is 372 g/mol. The number of hydrogen-bond donors (Lipinski definition) is 1. The summed E-state index contributed by atoms with van der Waals surface area (Å²) in [5.41, 5.74) is 1.29. The first-order chi connectivity index (χ1) is 12.7. The van der Waals surface area contributed by atoms with E-state index in [-0.39, 0.29) is 18.1 Å². The molecule has 0 radical (unpaired) electrons. The van der Waals surface area contributed by atoms with Crippen LogP contribution >= 0.6 is 11.6 Å². The Bertz CT molecular complexity index is 683. The molecule has 5 heteroatoms. The van der Waals surface area contributed by atoms with Crippen LogP contribution in [0.4, 0.5) is 0 Å². The van der Waals surface area contributed by atoms with Gasteiger partial charge in [0, 0.05) is 24.7 Å². The van der Waals surface area contributed by atoms with Gasteiger partial charge in [-0.1, -0.05) is 41.9 Å². The molecule has 0 unspecified atom stereocenters. The molecule has 1 aliphatic rings. The Kier molecular flexibility index (Phi) is 6.89. The summed E-state index contributed by atoms with van der Waals surface area (Å²) in [7, 11) is 0. The molecule has 1 aromatic heterocycles. The second-order valence-electron chi connectivity index (χ2n) is 6.81. The molecule has 1 aliphatic carbocycles. The molecule has 1 N–H and O–H groups in total. The molecule has 2 aromatic rings. The molecule has 3 rings (SSSR count). The van der Waals surface area contributed by atoms with Crippen LogP contribution in [0.2, 0.25) is 5.02 Å². The molecule has 0 saturated heterocycles. The van der Waals surface area contributed by atoms with Gasteiger partial charge in [-0.3, -0.25) is 4.79 Å². The van der Waals surface area contributed by atoms with Crippen molar-refractivity contribution in [2.45, 2.75) is 57.1 Å². The lowest BCUT2D eigenvalue weighted by Gasteiger charge is -2.29. The molecular formula is C21H25ClN2O2. The fraction of sp³-hybridized carbons (Fsp3) is 0.429. The normalized spacial score (nSPS) is 19.7. The molecule has 1 heterocycles. The Hall–Kier alpha value is -2.07. The second-order valence-corrected chi connectivity index (χ2v) is 7.25. The molecule has 0 atom stereocenters.